The lowest BCUT2D eigenvalue weighted by Crippen LogP contribution is -2.42. The number of benzene rings is 2. The molecular weight excluding hydrogens is 381 g/mol. The van der Waals surface area contributed by atoms with Gasteiger partial charge in [0.2, 0.25) is 0 Å². The number of amides is 1. The largest absolute Gasteiger partial charge is 0.493 e. The number of hydrogen-bond donors (Lipinski definition) is 0. The summed E-state index contributed by atoms with van der Waals surface area (Å²) in [6.07, 6.45) is 5.67. The molecule has 1 aliphatic heterocycles. The molecule has 0 N–H and O–H groups in total. The lowest BCUT2D eigenvalue weighted by Gasteiger charge is -2.33. The molecule has 0 bridgehead atoms. The molecule has 1 amide bonds. The molecule has 1 unspecified atom stereocenters. The molecule has 6 heteroatoms. The van der Waals surface area contributed by atoms with Gasteiger partial charge in [-0.05, 0) is 55.7 Å². The number of hydrogen-bond acceptors (Lipinski definition) is 3. The average Bonchev–Trinajstić information content (AvgIpc) is 3.18. The summed E-state index contributed by atoms with van der Waals surface area (Å²) in [5.74, 6) is 1.63. The Morgan fingerprint density at radius 3 is 2.77 bits per heavy atom. The van der Waals surface area contributed by atoms with Crippen LogP contribution in [0.3, 0.4) is 0 Å². The third-order valence-electron chi connectivity index (χ3n) is 5.62. The van der Waals surface area contributed by atoms with Crippen molar-refractivity contribution in [1.29, 1.82) is 0 Å². The van der Waals surface area contributed by atoms with Crippen molar-refractivity contribution in [2.75, 3.05) is 19.7 Å². The van der Waals surface area contributed by atoms with Gasteiger partial charge in [0.15, 0.2) is 0 Å². The van der Waals surface area contributed by atoms with Crippen molar-refractivity contribution in [3.8, 4) is 5.75 Å². The summed E-state index contributed by atoms with van der Waals surface area (Å²) in [7, 11) is 0. The van der Waals surface area contributed by atoms with Gasteiger partial charge in [0.25, 0.3) is 5.91 Å². The van der Waals surface area contributed by atoms with Crippen LogP contribution in [0.25, 0.3) is 0 Å². The molecular formula is C24H26FN3O2. The van der Waals surface area contributed by atoms with Crippen molar-refractivity contribution in [3.63, 3.8) is 0 Å². The summed E-state index contributed by atoms with van der Waals surface area (Å²) in [5, 5.41) is 0. The Morgan fingerprint density at radius 1 is 1.20 bits per heavy atom. The zero-order valence-corrected chi connectivity index (χ0v) is 17.1. The number of aromatic nitrogens is 2. The molecule has 30 heavy (non-hydrogen) atoms. The fraction of sp³-hybridized carbons (Fsp3) is 0.333. The number of halogens is 1. The second-order valence-corrected chi connectivity index (χ2v) is 7.78. The van der Waals surface area contributed by atoms with Crippen LogP contribution in [0.15, 0.2) is 60.9 Å². The number of imidazole rings is 1. The summed E-state index contributed by atoms with van der Waals surface area (Å²) in [4.78, 5) is 19.5. The smallest absolute Gasteiger partial charge is 0.254 e. The molecule has 2 heterocycles. The lowest BCUT2D eigenvalue weighted by molar-refractivity contribution is 0.0632. The van der Waals surface area contributed by atoms with Crippen molar-refractivity contribution < 1.29 is 13.9 Å². The van der Waals surface area contributed by atoms with Crippen molar-refractivity contribution in [2.24, 2.45) is 5.92 Å². The number of piperidine rings is 1. The SMILES string of the molecule is Cc1nccn1Cc1ccccc1C(=O)N1CCCC(COc2ccc(F)cc2)C1. The molecule has 156 valence electrons. The highest BCUT2D eigenvalue weighted by Gasteiger charge is 2.26. The predicted octanol–water partition coefficient (Wildman–Crippen LogP) is 4.31. The highest BCUT2D eigenvalue weighted by Crippen LogP contribution is 2.22. The molecule has 1 aromatic heterocycles. The Morgan fingerprint density at radius 2 is 2.00 bits per heavy atom. The van der Waals surface area contributed by atoms with Gasteiger partial charge in [-0.15, -0.1) is 0 Å². The summed E-state index contributed by atoms with van der Waals surface area (Å²) in [5.41, 5.74) is 1.74. The first-order valence-corrected chi connectivity index (χ1v) is 10.3. The van der Waals surface area contributed by atoms with Crippen LogP contribution in [-0.2, 0) is 6.54 Å². The zero-order chi connectivity index (χ0) is 20.9. The van der Waals surface area contributed by atoms with E-state index in [1.54, 1.807) is 18.3 Å². The number of ether oxygens (including phenoxy) is 1. The summed E-state index contributed by atoms with van der Waals surface area (Å²) < 4.78 is 20.9. The number of rotatable bonds is 6. The summed E-state index contributed by atoms with van der Waals surface area (Å²) in [6, 6.07) is 13.8. The van der Waals surface area contributed by atoms with Crippen molar-refractivity contribution in [2.45, 2.75) is 26.3 Å². The lowest BCUT2D eigenvalue weighted by atomic mass is 9.97. The third kappa shape index (κ3) is 4.70. The van der Waals surface area contributed by atoms with Gasteiger partial charge in [-0.25, -0.2) is 9.37 Å². The van der Waals surface area contributed by atoms with Crippen molar-refractivity contribution in [3.05, 3.63) is 83.7 Å². The first-order valence-electron chi connectivity index (χ1n) is 10.3. The minimum atomic E-state index is -0.277. The number of aryl methyl sites for hydroxylation is 1. The maximum absolute atomic E-state index is 13.3. The zero-order valence-electron chi connectivity index (χ0n) is 17.1. The van der Waals surface area contributed by atoms with Gasteiger partial charge in [0.1, 0.15) is 17.4 Å². The van der Waals surface area contributed by atoms with Gasteiger partial charge >= 0.3 is 0 Å². The highest BCUT2D eigenvalue weighted by molar-refractivity contribution is 5.95. The van der Waals surface area contributed by atoms with Crippen LogP contribution in [0.5, 0.6) is 5.75 Å². The first-order chi connectivity index (χ1) is 14.6. The fourth-order valence-corrected chi connectivity index (χ4v) is 3.92. The van der Waals surface area contributed by atoms with E-state index < -0.39 is 0 Å². The molecule has 3 aromatic rings. The van der Waals surface area contributed by atoms with Crippen LogP contribution in [-0.4, -0.2) is 40.1 Å². The molecule has 0 spiro atoms. The molecule has 0 saturated carbocycles. The van der Waals surface area contributed by atoms with Crippen molar-refractivity contribution in [1.82, 2.24) is 14.5 Å². The van der Waals surface area contributed by atoms with E-state index >= 15 is 0 Å². The normalized spacial score (nSPS) is 16.5. The van der Waals surface area contributed by atoms with Crippen LogP contribution < -0.4 is 4.74 Å². The molecule has 1 fully saturated rings. The molecule has 0 radical (unpaired) electrons. The Labute approximate surface area is 176 Å². The van der Waals surface area contributed by atoms with E-state index in [4.69, 9.17) is 4.74 Å². The average molecular weight is 407 g/mol. The number of carbonyl (C=O) groups is 1. The highest BCUT2D eigenvalue weighted by atomic mass is 19.1. The maximum Gasteiger partial charge on any atom is 0.254 e. The van der Waals surface area contributed by atoms with Crippen LogP contribution in [0.1, 0.15) is 34.6 Å². The van der Waals surface area contributed by atoms with E-state index in [2.05, 4.69) is 4.98 Å². The predicted molar refractivity (Wildman–Crippen MR) is 113 cm³/mol. The van der Waals surface area contributed by atoms with Gasteiger partial charge < -0.3 is 14.2 Å². The first kappa shape index (κ1) is 20.1. The Bertz CT molecular complexity index is 1000. The van der Waals surface area contributed by atoms with E-state index in [1.165, 1.54) is 12.1 Å². The molecule has 4 rings (SSSR count). The minimum absolute atomic E-state index is 0.0647. The molecule has 5 nitrogen and oxygen atoms in total. The van der Waals surface area contributed by atoms with E-state index in [9.17, 15) is 9.18 Å². The summed E-state index contributed by atoms with van der Waals surface area (Å²) in [6.45, 7) is 4.52. The van der Waals surface area contributed by atoms with E-state index in [1.807, 2.05) is 46.9 Å². The summed E-state index contributed by atoms with van der Waals surface area (Å²) >= 11 is 0. The second-order valence-electron chi connectivity index (χ2n) is 7.78. The number of carbonyl (C=O) groups excluding carboxylic acids is 1. The van der Waals surface area contributed by atoms with Crippen LogP contribution in [0, 0.1) is 18.7 Å². The van der Waals surface area contributed by atoms with E-state index in [0.29, 0.717) is 25.4 Å². The van der Waals surface area contributed by atoms with Gasteiger partial charge in [0.05, 0.1) is 6.61 Å². The van der Waals surface area contributed by atoms with Gasteiger partial charge in [-0.1, -0.05) is 18.2 Å². The maximum atomic E-state index is 13.3. The van der Waals surface area contributed by atoms with E-state index in [-0.39, 0.29) is 17.6 Å². The quantitative estimate of drug-likeness (QED) is 0.612. The molecule has 0 aliphatic carbocycles. The standard InChI is InChI=1S/C24H26FN3O2/c1-18-26-12-14-27(18)16-20-6-2-3-7-23(20)24(29)28-13-4-5-19(15-28)17-30-22-10-8-21(25)9-11-22/h2-3,6-12,14,19H,4-5,13,15-17H2,1H3. The number of likely N-dealkylation sites (tertiary alicyclic amines) is 1. The van der Waals surface area contributed by atoms with Gasteiger partial charge in [0, 0.05) is 43.5 Å². The monoisotopic (exact) mass is 407 g/mol. The van der Waals surface area contributed by atoms with Crippen molar-refractivity contribution >= 4 is 5.91 Å². The van der Waals surface area contributed by atoms with E-state index in [0.717, 1.165) is 36.3 Å². The van der Waals surface area contributed by atoms with Crippen LogP contribution >= 0.6 is 0 Å². The van der Waals surface area contributed by atoms with Crippen LogP contribution in [0.4, 0.5) is 4.39 Å². The molecule has 1 atom stereocenters. The Kier molecular flexibility index (Phi) is 6.12. The fourth-order valence-electron chi connectivity index (χ4n) is 3.92. The van der Waals surface area contributed by atoms with Gasteiger partial charge in [-0.2, -0.15) is 0 Å². The van der Waals surface area contributed by atoms with Gasteiger partial charge in [-0.3, -0.25) is 4.79 Å². The number of nitrogens with zero attached hydrogens (tertiary/aromatic N) is 3. The molecule has 1 aliphatic rings. The Hall–Kier alpha value is -3.15. The second kappa shape index (κ2) is 9.11. The minimum Gasteiger partial charge on any atom is -0.493 e. The molecule has 1 saturated heterocycles. The Balaban J connectivity index is 1.42. The molecule has 2 aromatic carbocycles. The third-order valence-corrected chi connectivity index (χ3v) is 5.62. The van der Waals surface area contributed by atoms with Crippen LogP contribution in [0.2, 0.25) is 0 Å². The topological polar surface area (TPSA) is 47.4 Å².